The van der Waals surface area contributed by atoms with Crippen LogP contribution in [0.3, 0.4) is 0 Å². The van der Waals surface area contributed by atoms with Crippen LogP contribution in [0.5, 0.6) is 11.5 Å². The highest BCUT2D eigenvalue weighted by Gasteiger charge is 2.20. The second-order valence-corrected chi connectivity index (χ2v) is 5.03. The van der Waals surface area contributed by atoms with E-state index in [0.717, 1.165) is 36.3 Å². The van der Waals surface area contributed by atoms with Gasteiger partial charge in [-0.25, -0.2) is 0 Å². The predicted molar refractivity (Wildman–Crippen MR) is 73.9 cm³/mol. The summed E-state index contributed by atoms with van der Waals surface area (Å²) in [5, 5.41) is 3.27. The summed E-state index contributed by atoms with van der Waals surface area (Å²) in [6.07, 6.45) is 2.64. The number of fused-ring (bicyclic) bond motifs is 1. The minimum atomic E-state index is 0.578. The van der Waals surface area contributed by atoms with E-state index in [1.807, 2.05) is 12.1 Å². The molecule has 2 aliphatic rings. The molecular weight excluding hydrogens is 244 g/mol. The molecule has 1 aliphatic carbocycles. The smallest absolute Gasteiger partial charge is 0.163 e. The van der Waals surface area contributed by atoms with Crippen LogP contribution in [-0.2, 0) is 4.74 Å². The Morgan fingerprint density at radius 1 is 1.21 bits per heavy atom. The zero-order valence-corrected chi connectivity index (χ0v) is 11.0. The number of ether oxygens (including phenoxy) is 3. The molecule has 0 saturated heterocycles. The summed E-state index contributed by atoms with van der Waals surface area (Å²) < 4.78 is 16.6. The number of nitrogen functional groups attached to an aromatic ring is 1. The second kappa shape index (κ2) is 5.57. The molecule has 3 rings (SSSR count). The average Bonchev–Trinajstić information content (AvgIpc) is 3.23. The quantitative estimate of drug-likeness (QED) is 0.606. The highest BCUT2D eigenvalue weighted by Crippen LogP contribution is 2.36. The van der Waals surface area contributed by atoms with Gasteiger partial charge in [-0.15, -0.1) is 0 Å². The van der Waals surface area contributed by atoms with Crippen LogP contribution >= 0.6 is 0 Å². The Kier molecular flexibility index (Phi) is 3.64. The van der Waals surface area contributed by atoms with Gasteiger partial charge < -0.3 is 25.3 Å². The van der Waals surface area contributed by atoms with Gasteiger partial charge in [-0.05, 0) is 18.8 Å². The van der Waals surface area contributed by atoms with Crippen LogP contribution in [0.25, 0.3) is 0 Å². The van der Waals surface area contributed by atoms with Crippen molar-refractivity contribution in [3.63, 3.8) is 0 Å². The SMILES string of the molecule is Nc1cc2c(cc1NCCOCC1CC1)OCCO2. The molecule has 104 valence electrons. The summed E-state index contributed by atoms with van der Waals surface area (Å²) in [6, 6.07) is 3.70. The van der Waals surface area contributed by atoms with Crippen molar-refractivity contribution >= 4 is 11.4 Å². The number of anilines is 2. The van der Waals surface area contributed by atoms with E-state index < -0.39 is 0 Å². The second-order valence-electron chi connectivity index (χ2n) is 5.03. The molecule has 3 N–H and O–H groups in total. The van der Waals surface area contributed by atoms with Crippen molar-refractivity contribution in [1.29, 1.82) is 0 Å². The van der Waals surface area contributed by atoms with E-state index in [1.54, 1.807) is 0 Å². The zero-order valence-electron chi connectivity index (χ0n) is 11.0. The van der Waals surface area contributed by atoms with Gasteiger partial charge in [0.05, 0.1) is 18.0 Å². The number of hydrogen-bond donors (Lipinski definition) is 2. The van der Waals surface area contributed by atoms with Crippen molar-refractivity contribution in [2.45, 2.75) is 12.8 Å². The molecule has 0 spiro atoms. The van der Waals surface area contributed by atoms with Crippen LogP contribution in [0.15, 0.2) is 12.1 Å². The first-order valence-corrected chi connectivity index (χ1v) is 6.83. The first kappa shape index (κ1) is 12.4. The lowest BCUT2D eigenvalue weighted by atomic mass is 10.2. The molecule has 1 aliphatic heterocycles. The summed E-state index contributed by atoms with van der Waals surface area (Å²) in [5.41, 5.74) is 7.53. The number of nitrogens with one attached hydrogen (secondary N) is 1. The van der Waals surface area contributed by atoms with Crippen molar-refractivity contribution in [1.82, 2.24) is 0 Å². The first-order chi connectivity index (χ1) is 9.33. The van der Waals surface area contributed by atoms with Crippen LogP contribution in [-0.4, -0.2) is 33.0 Å². The van der Waals surface area contributed by atoms with Gasteiger partial charge in [0, 0.05) is 25.3 Å². The minimum absolute atomic E-state index is 0.578. The Balaban J connectivity index is 1.51. The Hall–Kier alpha value is -1.62. The molecule has 1 aromatic rings. The molecule has 0 atom stereocenters. The molecule has 0 bridgehead atoms. The standard InChI is InChI=1S/C14H20N2O3/c15-11-7-13-14(19-6-5-18-13)8-12(11)16-3-4-17-9-10-1-2-10/h7-8,10,16H,1-6,9,15H2. The lowest BCUT2D eigenvalue weighted by molar-refractivity contribution is 0.134. The summed E-state index contributed by atoms with van der Waals surface area (Å²) >= 11 is 0. The van der Waals surface area contributed by atoms with E-state index in [9.17, 15) is 0 Å². The molecule has 19 heavy (non-hydrogen) atoms. The van der Waals surface area contributed by atoms with Crippen molar-refractivity contribution in [2.75, 3.05) is 44.0 Å². The van der Waals surface area contributed by atoms with Gasteiger partial charge in [0.25, 0.3) is 0 Å². The van der Waals surface area contributed by atoms with Crippen molar-refractivity contribution in [2.24, 2.45) is 5.92 Å². The summed E-state index contributed by atoms with van der Waals surface area (Å²) in [7, 11) is 0. The Bertz CT molecular complexity index is 447. The molecule has 5 heteroatoms. The molecule has 1 heterocycles. The van der Waals surface area contributed by atoms with Crippen molar-refractivity contribution < 1.29 is 14.2 Å². The number of hydrogen-bond acceptors (Lipinski definition) is 5. The van der Waals surface area contributed by atoms with E-state index in [-0.39, 0.29) is 0 Å². The maximum Gasteiger partial charge on any atom is 0.163 e. The summed E-state index contributed by atoms with van der Waals surface area (Å²) in [5.74, 6) is 2.28. The zero-order chi connectivity index (χ0) is 13.1. The summed E-state index contributed by atoms with van der Waals surface area (Å²) in [6.45, 7) is 3.49. The average molecular weight is 264 g/mol. The largest absolute Gasteiger partial charge is 0.486 e. The van der Waals surface area contributed by atoms with Gasteiger partial charge in [0.2, 0.25) is 0 Å². The molecule has 1 fully saturated rings. The van der Waals surface area contributed by atoms with Crippen molar-refractivity contribution in [3.05, 3.63) is 12.1 Å². The van der Waals surface area contributed by atoms with Gasteiger partial charge in [-0.2, -0.15) is 0 Å². The lowest BCUT2D eigenvalue weighted by Gasteiger charge is -2.20. The van der Waals surface area contributed by atoms with Gasteiger partial charge in [0.15, 0.2) is 11.5 Å². The fraction of sp³-hybridized carbons (Fsp3) is 0.571. The van der Waals surface area contributed by atoms with Crippen LogP contribution in [0.4, 0.5) is 11.4 Å². The molecule has 0 radical (unpaired) electrons. The van der Waals surface area contributed by atoms with E-state index in [4.69, 9.17) is 19.9 Å². The third-order valence-corrected chi connectivity index (χ3v) is 3.33. The van der Waals surface area contributed by atoms with E-state index in [0.29, 0.717) is 25.5 Å². The molecular formula is C14H20N2O3. The van der Waals surface area contributed by atoms with Gasteiger partial charge >= 0.3 is 0 Å². The van der Waals surface area contributed by atoms with Gasteiger partial charge in [-0.3, -0.25) is 0 Å². The van der Waals surface area contributed by atoms with Crippen LogP contribution in [0, 0.1) is 5.92 Å². The fourth-order valence-electron chi connectivity index (χ4n) is 2.05. The molecule has 1 saturated carbocycles. The highest BCUT2D eigenvalue weighted by molar-refractivity contribution is 5.72. The lowest BCUT2D eigenvalue weighted by Crippen LogP contribution is -2.17. The fourth-order valence-corrected chi connectivity index (χ4v) is 2.05. The van der Waals surface area contributed by atoms with E-state index in [1.165, 1.54) is 12.8 Å². The van der Waals surface area contributed by atoms with E-state index >= 15 is 0 Å². The van der Waals surface area contributed by atoms with Gasteiger partial charge in [-0.1, -0.05) is 0 Å². The van der Waals surface area contributed by atoms with Crippen LogP contribution in [0.1, 0.15) is 12.8 Å². The molecule has 0 amide bonds. The highest BCUT2D eigenvalue weighted by atomic mass is 16.6. The topological polar surface area (TPSA) is 65.7 Å². The van der Waals surface area contributed by atoms with Crippen LogP contribution in [0.2, 0.25) is 0 Å². The Labute approximate surface area is 113 Å². The molecule has 0 aromatic heterocycles. The number of benzene rings is 1. The minimum Gasteiger partial charge on any atom is -0.486 e. The normalized spacial score (nSPS) is 17.3. The van der Waals surface area contributed by atoms with E-state index in [2.05, 4.69) is 5.32 Å². The molecule has 5 nitrogen and oxygen atoms in total. The maximum absolute atomic E-state index is 5.98. The van der Waals surface area contributed by atoms with Crippen LogP contribution < -0.4 is 20.5 Å². The first-order valence-electron chi connectivity index (χ1n) is 6.83. The Morgan fingerprint density at radius 3 is 2.68 bits per heavy atom. The maximum atomic E-state index is 5.98. The monoisotopic (exact) mass is 264 g/mol. The molecule has 1 aromatic carbocycles. The Morgan fingerprint density at radius 2 is 1.95 bits per heavy atom. The van der Waals surface area contributed by atoms with Gasteiger partial charge in [0.1, 0.15) is 13.2 Å². The summed E-state index contributed by atoms with van der Waals surface area (Å²) in [4.78, 5) is 0. The number of rotatable bonds is 6. The number of nitrogens with two attached hydrogens (primary N) is 1. The molecule has 0 unspecified atom stereocenters. The van der Waals surface area contributed by atoms with Crippen molar-refractivity contribution in [3.8, 4) is 11.5 Å². The third kappa shape index (κ3) is 3.23. The predicted octanol–water partition coefficient (Wildman–Crippen LogP) is 1.88. The third-order valence-electron chi connectivity index (χ3n) is 3.33.